The topological polar surface area (TPSA) is 54.4 Å². The minimum absolute atomic E-state index is 0.133. The first-order chi connectivity index (χ1) is 12.8. The van der Waals surface area contributed by atoms with Crippen LogP contribution < -0.4 is 0 Å². The van der Waals surface area contributed by atoms with Crippen LogP contribution in [0.2, 0.25) is 0 Å². The highest BCUT2D eigenvalue weighted by molar-refractivity contribution is 6.34. The summed E-state index contributed by atoms with van der Waals surface area (Å²) in [6.45, 7) is 7.08. The van der Waals surface area contributed by atoms with Crippen LogP contribution in [-0.4, -0.2) is 38.7 Å². The second-order valence-electron chi connectivity index (χ2n) is 9.77. The molecule has 0 aromatic rings. The number of ketones is 2. The summed E-state index contributed by atoms with van der Waals surface area (Å²) in [6.07, 6.45) is 4.33. The molecule has 0 unspecified atom stereocenters. The van der Waals surface area contributed by atoms with Crippen molar-refractivity contribution in [1.29, 1.82) is 0 Å². The molecule has 4 aliphatic carbocycles. The van der Waals surface area contributed by atoms with Gasteiger partial charge in [-0.3, -0.25) is 9.59 Å². The number of halogens is 3. The maximum absolute atomic E-state index is 15.4. The molecule has 0 heterocycles. The van der Waals surface area contributed by atoms with Crippen LogP contribution in [0.4, 0.5) is 4.39 Å². The van der Waals surface area contributed by atoms with Crippen molar-refractivity contribution in [2.24, 2.45) is 28.6 Å². The van der Waals surface area contributed by atoms with Crippen molar-refractivity contribution in [2.45, 2.75) is 69.0 Å². The van der Waals surface area contributed by atoms with Gasteiger partial charge in [0.15, 0.2) is 11.6 Å². The van der Waals surface area contributed by atoms with Gasteiger partial charge < -0.3 is 5.11 Å². The number of carbonyl (C=O) groups is 2. The van der Waals surface area contributed by atoms with E-state index in [1.165, 1.54) is 19.1 Å². The summed E-state index contributed by atoms with van der Waals surface area (Å²) < 4.78 is 15.4. The van der Waals surface area contributed by atoms with Gasteiger partial charge in [-0.2, -0.15) is 0 Å². The molecular formula is C22H27Cl2FO3. The SMILES string of the molecule is CC(=O)[C@@]1(O)[C@@H](C)C[C@H]2[C@@H]3C[C@H](F)C4=CC(=O)C=C[C@]4(C)[C@@]3(Cl)[C@@H](Cl)C[C@@]21C. The van der Waals surface area contributed by atoms with E-state index in [9.17, 15) is 14.7 Å². The Kier molecular flexibility index (Phi) is 4.35. The van der Waals surface area contributed by atoms with Gasteiger partial charge in [-0.25, -0.2) is 4.39 Å². The number of hydrogen-bond acceptors (Lipinski definition) is 3. The Hall–Kier alpha value is -0.710. The van der Waals surface area contributed by atoms with Gasteiger partial charge in [-0.05, 0) is 61.7 Å². The molecule has 0 bridgehead atoms. The fourth-order valence-corrected chi connectivity index (χ4v) is 8.42. The van der Waals surface area contributed by atoms with Crippen molar-refractivity contribution < 1.29 is 19.1 Å². The van der Waals surface area contributed by atoms with Crippen molar-refractivity contribution in [3.8, 4) is 0 Å². The molecule has 0 spiro atoms. The Labute approximate surface area is 175 Å². The van der Waals surface area contributed by atoms with Crippen LogP contribution in [-0.2, 0) is 9.59 Å². The molecular weight excluding hydrogens is 402 g/mol. The molecule has 4 aliphatic rings. The van der Waals surface area contributed by atoms with Gasteiger partial charge >= 0.3 is 0 Å². The summed E-state index contributed by atoms with van der Waals surface area (Å²) in [5.41, 5.74) is -2.75. The second kappa shape index (κ2) is 5.92. The number of fused-ring (bicyclic) bond motifs is 5. The molecule has 0 amide bonds. The summed E-state index contributed by atoms with van der Waals surface area (Å²) in [7, 11) is 0. The zero-order valence-electron chi connectivity index (χ0n) is 16.6. The predicted octanol–water partition coefficient (Wildman–Crippen LogP) is 4.39. The van der Waals surface area contributed by atoms with E-state index in [0.29, 0.717) is 18.4 Å². The molecule has 3 nitrogen and oxygen atoms in total. The Morgan fingerprint density at radius 2 is 1.93 bits per heavy atom. The molecule has 6 heteroatoms. The van der Waals surface area contributed by atoms with Gasteiger partial charge in [0.1, 0.15) is 11.8 Å². The minimum atomic E-state index is -1.50. The highest BCUT2D eigenvalue weighted by Crippen LogP contribution is 2.72. The molecule has 28 heavy (non-hydrogen) atoms. The molecule has 3 fully saturated rings. The Balaban J connectivity index is 1.88. The van der Waals surface area contributed by atoms with Crippen LogP contribution in [0.3, 0.4) is 0 Å². The van der Waals surface area contributed by atoms with Crippen molar-refractivity contribution in [3.63, 3.8) is 0 Å². The van der Waals surface area contributed by atoms with E-state index in [1.54, 1.807) is 6.08 Å². The van der Waals surface area contributed by atoms with E-state index in [-0.39, 0.29) is 35.7 Å². The molecule has 9 atom stereocenters. The quantitative estimate of drug-likeness (QED) is 0.630. The predicted molar refractivity (Wildman–Crippen MR) is 107 cm³/mol. The van der Waals surface area contributed by atoms with Gasteiger partial charge in [0.2, 0.25) is 0 Å². The van der Waals surface area contributed by atoms with Crippen molar-refractivity contribution in [3.05, 3.63) is 23.8 Å². The van der Waals surface area contributed by atoms with Gasteiger partial charge in [-0.1, -0.05) is 26.8 Å². The lowest BCUT2D eigenvalue weighted by Crippen LogP contribution is -2.68. The molecule has 0 saturated heterocycles. The van der Waals surface area contributed by atoms with Gasteiger partial charge in [0.05, 0.1) is 10.3 Å². The molecule has 0 radical (unpaired) electrons. The maximum Gasteiger partial charge on any atom is 0.178 e. The monoisotopic (exact) mass is 428 g/mol. The summed E-state index contributed by atoms with van der Waals surface area (Å²) >= 11 is 14.3. The van der Waals surface area contributed by atoms with Crippen LogP contribution in [0, 0.1) is 28.6 Å². The van der Waals surface area contributed by atoms with Crippen LogP contribution in [0.5, 0.6) is 0 Å². The normalized spacial score (nSPS) is 55.2. The number of carbonyl (C=O) groups excluding carboxylic acids is 2. The fraction of sp³-hybridized carbons (Fsp3) is 0.727. The zero-order chi connectivity index (χ0) is 20.9. The summed E-state index contributed by atoms with van der Waals surface area (Å²) in [4.78, 5) is 23.4. The maximum atomic E-state index is 15.4. The Morgan fingerprint density at radius 1 is 1.29 bits per heavy atom. The largest absolute Gasteiger partial charge is 0.381 e. The lowest BCUT2D eigenvalue weighted by atomic mass is 9.46. The van der Waals surface area contributed by atoms with Gasteiger partial charge in [0, 0.05) is 10.8 Å². The number of aliphatic hydroxyl groups is 1. The first-order valence-electron chi connectivity index (χ1n) is 9.99. The van der Waals surface area contributed by atoms with Crippen molar-refractivity contribution in [1.82, 2.24) is 0 Å². The van der Waals surface area contributed by atoms with E-state index < -0.39 is 32.9 Å². The molecule has 1 N–H and O–H groups in total. The number of rotatable bonds is 1. The van der Waals surface area contributed by atoms with E-state index in [4.69, 9.17) is 23.2 Å². The molecule has 0 aliphatic heterocycles. The number of hydrogen-bond donors (Lipinski definition) is 1. The molecule has 0 aromatic carbocycles. The number of Topliss-reactive ketones (excluding diaryl/α,β-unsaturated/α-hetero) is 1. The van der Waals surface area contributed by atoms with E-state index in [1.807, 2.05) is 20.8 Å². The van der Waals surface area contributed by atoms with Crippen LogP contribution >= 0.6 is 23.2 Å². The zero-order valence-corrected chi connectivity index (χ0v) is 18.1. The van der Waals surface area contributed by atoms with Crippen LogP contribution in [0.15, 0.2) is 23.8 Å². The third kappa shape index (κ3) is 2.10. The highest BCUT2D eigenvalue weighted by Gasteiger charge is 2.75. The standard InChI is InChI=1S/C22H27Cl2FO3/c1-11-7-14-15-9-17(25)16-8-13(27)5-6-19(16,3)21(15,24)18(23)10-20(14,4)22(11,28)12(2)26/h5-6,8,11,14-15,17-18,28H,7,9-10H2,1-4H3/t11-,14-,15-,17-,18-,19-,20-,21-,22-/m0/s1. The van der Waals surface area contributed by atoms with E-state index in [2.05, 4.69) is 0 Å². The summed E-state index contributed by atoms with van der Waals surface area (Å²) in [6, 6.07) is 0. The Morgan fingerprint density at radius 3 is 2.54 bits per heavy atom. The Bertz CT molecular complexity index is 825. The van der Waals surface area contributed by atoms with E-state index in [0.717, 1.165) is 0 Å². The van der Waals surface area contributed by atoms with Crippen molar-refractivity contribution >= 4 is 34.8 Å². The molecule has 4 rings (SSSR count). The summed E-state index contributed by atoms with van der Waals surface area (Å²) in [5.74, 6) is -1.21. The van der Waals surface area contributed by atoms with Gasteiger partial charge in [0.25, 0.3) is 0 Å². The number of alkyl halides is 3. The smallest absolute Gasteiger partial charge is 0.178 e. The first kappa shape index (κ1) is 20.6. The second-order valence-corrected chi connectivity index (χ2v) is 10.9. The minimum Gasteiger partial charge on any atom is -0.381 e. The lowest BCUT2D eigenvalue weighted by Gasteiger charge is -2.64. The van der Waals surface area contributed by atoms with Crippen LogP contribution in [0.1, 0.15) is 47.0 Å². The molecule has 0 aromatic heterocycles. The lowest BCUT2D eigenvalue weighted by molar-refractivity contribution is -0.163. The molecule has 154 valence electrons. The van der Waals surface area contributed by atoms with Crippen molar-refractivity contribution in [2.75, 3.05) is 0 Å². The highest BCUT2D eigenvalue weighted by atomic mass is 35.5. The van der Waals surface area contributed by atoms with Gasteiger partial charge in [-0.15, -0.1) is 23.2 Å². The third-order valence-electron chi connectivity index (χ3n) is 8.70. The average Bonchev–Trinajstić information content (AvgIpc) is 2.81. The average molecular weight is 429 g/mol. The van der Waals surface area contributed by atoms with Crippen LogP contribution in [0.25, 0.3) is 0 Å². The summed E-state index contributed by atoms with van der Waals surface area (Å²) in [5, 5.41) is 10.9. The van der Waals surface area contributed by atoms with E-state index >= 15 is 4.39 Å². The third-order valence-corrected chi connectivity index (χ3v) is 10.3. The molecule has 3 saturated carbocycles. The fourth-order valence-electron chi connectivity index (χ4n) is 7.22. The first-order valence-corrected chi connectivity index (χ1v) is 10.8. The number of allylic oxidation sites excluding steroid dienone is 4.